The molecule has 0 aliphatic heterocycles. The van der Waals surface area contributed by atoms with Crippen molar-refractivity contribution in [3.05, 3.63) is 0 Å². The Labute approximate surface area is 114 Å². The summed E-state index contributed by atoms with van der Waals surface area (Å²) in [5.74, 6) is -2.91. The Kier molecular flexibility index (Phi) is 7.58. The lowest BCUT2D eigenvalue weighted by atomic mass is 9.92. The van der Waals surface area contributed by atoms with Gasteiger partial charge in [0.1, 0.15) is 0 Å². The first-order chi connectivity index (χ1) is 8.40. The topological polar surface area (TPSA) is 92.7 Å². The van der Waals surface area contributed by atoms with Gasteiger partial charge < -0.3 is 15.2 Å². The Morgan fingerprint density at radius 1 is 1.33 bits per heavy atom. The average Bonchev–Trinajstić information content (AvgIpc) is 2.27. The van der Waals surface area contributed by atoms with E-state index < -0.39 is 23.4 Å². The number of carbonyl (C=O) groups excluding carboxylic acids is 2. The maximum absolute atomic E-state index is 11.8. The number of aliphatic carboxylic acids is 1. The van der Waals surface area contributed by atoms with Crippen LogP contribution in [0.15, 0.2) is 0 Å². The van der Waals surface area contributed by atoms with Crippen molar-refractivity contribution in [3.63, 3.8) is 0 Å². The molecule has 6 nitrogen and oxygen atoms in total. The molecule has 1 amide bonds. The van der Waals surface area contributed by atoms with Gasteiger partial charge >= 0.3 is 11.9 Å². The molecule has 0 aliphatic rings. The molecule has 0 saturated heterocycles. The Morgan fingerprint density at radius 3 is 2.33 bits per heavy atom. The summed E-state index contributed by atoms with van der Waals surface area (Å²) in [6.45, 7) is 2.81. The van der Waals surface area contributed by atoms with Gasteiger partial charge in [-0.15, -0.1) is 0 Å². The van der Waals surface area contributed by atoms with Gasteiger partial charge in [0.15, 0.2) is 0 Å². The normalized spacial score (nSPS) is 13.5. The summed E-state index contributed by atoms with van der Waals surface area (Å²) in [5.41, 5.74) is -1.98. The molecule has 0 fully saturated rings. The molecule has 0 aliphatic carbocycles. The standard InChI is InChI=1S/C11H18BrNO5/c1-3-18-10(17)11(9(15)16,13-8(2)14)6-4-5-7-12/h3-7H2,1-2H3,(H,13,14)(H,15,16). The van der Waals surface area contributed by atoms with Gasteiger partial charge in [-0.05, 0) is 26.2 Å². The molecule has 1 unspecified atom stereocenters. The summed E-state index contributed by atoms with van der Waals surface area (Å²) in [5, 5.41) is 12.1. The van der Waals surface area contributed by atoms with Crippen LogP contribution in [0.2, 0.25) is 0 Å². The predicted octanol–water partition coefficient (Wildman–Crippen LogP) is 1.07. The zero-order valence-electron chi connectivity index (χ0n) is 10.5. The van der Waals surface area contributed by atoms with E-state index in [1.807, 2.05) is 0 Å². The Balaban J connectivity index is 5.08. The second-order valence-corrected chi connectivity index (χ2v) is 4.55. The second-order valence-electron chi connectivity index (χ2n) is 3.76. The van der Waals surface area contributed by atoms with Crippen LogP contribution in [0, 0.1) is 0 Å². The van der Waals surface area contributed by atoms with Crippen LogP contribution >= 0.6 is 15.9 Å². The third-order valence-electron chi connectivity index (χ3n) is 2.31. The van der Waals surface area contributed by atoms with E-state index in [1.165, 1.54) is 6.92 Å². The first-order valence-corrected chi connectivity index (χ1v) is 6.78. The van der Waals surface area contributed by atoms with Crippen LogP contribution in [0.1, 0.15) is 33.1 Å². The molecule has 0 aromatic carbocycles. The summed E-state index contributed by atoms with van der Waals surface area (Å²) in [6.07, 6.45) is 1.19. The fourth-order valence-electron chi connectivity index (χ4n) is 1.50. The quantitative estimate of drug-likeness (QED) is 0.302. The van der Waals surface area contributed by atoms with Gasteiger partial charge in [-0.2, -0.15) is 0 Å². The van der Waals surface area contributed by atoms with E-state index in [4.69, 9.17) is 4.74 Å². The van der Waals surface area contributed by atoms with Crippen LogP contribution in [0.25, 0.3) is 0 Å². The maximum atomic E-state index is 11.8. The zero-order valence-corrected chi connectivity index (χ0v) is 12.1. The van der Waals surface area contributed by atoms with Crippen molar-refractivity contribution >= 4 is 33.8 Å². The van der Waals surface area contributed by atoms with Crippen molar-refractivity contribution < 1.29 is 24.2 Å². The fourth-order valence-corrected chi connectivity index (χ4v) is 1.90. The molecule has 0 saturated carbocycles. The lowest BCUT2D eigenvalue weighted by Crippen LogP contribution is -2.60. The van der Waals surface area contributed by atoms with Crippen molar-refractivity contribution in [2.75, 3.05) is 11.9 Å². The van der Waals surface area contributed by atoms with Gasteiger partial charge in [-0.1, -0.05) is 15.9 Å². The highest BCUT2D eigenvalue weighted by molar-refractivity contribution is 9.09. The Hall–Kier alpha value is -1.11. The molecular formula is C11H18BrNO5. The molecule has 0 radical (unpaired) electrons. The number of hydrogen-bond donors (Lipinski definition) is 2. The lowest BCUT2D eigenvalue weighted by molar-refractivity contribution is -0.165. The first kappa shape index (κ1) is 16.9. The third-order valence-corrected chi connectivity index (χ3v) is 2.87. The van der Waals surface area contributed by atoms with Gasteiger partial charge in [-0.3, -0.25) is 4.79 Å². The van der Waals surface area contributed by atoms with Gasteiger partial charge in [0.25, 0.3) is 0 Å². The molecule has 0 heterocycles. The van der Waals surface area contributed by atoms with Gasteiger partial charge in [0.05, 0.1) is 6.61 Å². The average molecular weight is 324 g/mol. The second kappa shape index (κ2) is 8.07. The summed E-state index contributed by atoms with van der Waals surface area (Å²) < 4.78 is 4.75. The van der Waals surface area contributed by atoms with Crippen LogP contribution in [0.5, 0.6) is 0 Å². The van der Waals surface area contributed by atoms with E-state index in [0.29, 0.717) is 18.2 Å². The minimum Gasteiger partial charge on any atom is -0.479 e. The molecule has 18 heavy (non-hydrogen) atoms. The number of unbranched alkanes of at least 4 members (excludes halogenated alkanes) is 1. The monoisotopic (exact) mass is 323 g/mol. The third kappa shape index (κ3) is 4.64. The molecule has 104 valence electrons. The number of carboxylic acids is 1. The van der Waals surface area contributed by atoms with Crippen LogP contribution in [0.3, 0.4) is 0 Å². The summed E-state index contributed by atoms with van der Waals surface area (Å²) in [4.78, 5) is 34.3. The minimum atomic E-state index is -1.98. The molecule has 0 rings (SSSR count). The molecule has 1 atom stereocenters. The molecular weight excluding hydrogens is 306 g/mol. The van der Waals surface area contributed by atoms with Crippen molar-refractivity contribution in [2.45, 2.75) is 38.6 Å². The Morgan fingerprint density at radius 2 is 1.94 bits per heavy atom. The van der Waals surface area contributed by atoms with Crippen molar-refractivity contribution in [1.29, 1.82) is 0 Å². The van der Waals surface area contributed by atoms with E-state index in [9.17, 15) is 19.5 Å². The number of amides is 1. The SMILES string of the molecule is CCOC(=O)C(CCCCBr)(NC(C)=O)C(=O)O. The van der Waals surface area contributed by atoms with Crippen LogP contribution < -0.4 is 5.32 Å². The predicted molar refractivity (Wildman–Crippen MR) is 68.5 cm³/mol. The molecule has 0 aromatic heterocycles. The minimum absolute atomic E-state index is 0.00630. The number of alkyl halides is 1. The number of carboxylic acid groups (broad SMARTS) is 1. The number of ether oxygens (including phenoxy) is 1. The van der Waals surface area contributed by atoms with Gasteiger partial charge in [0.2, 0.25) is 11.4 Å². The maximum Gasteiger partial charge on any atom is 0.343 e. The van der Waals surface area contributed by atoms with Crippen LogP contribution in [-0.4, -0.2) is 40.4 Å². The van der Waals surface area contributed by atoms with E-state index in [-0.39, 0.29) is 13.0 Å². The fraction of sp³-hybridized carbons (Fsp3) is 0.727. The summed E-state index contributed by atoms with van der Waals surface area (Å²) >= 11 is 3.22. The van der Waals surface area contributed by atoms with Crippen LogP contribution in [-0.2, 0) is 19.1 Å². The highest BCUT2D eigenvalue weighted by Gasteiger charge is 2.48. The Bertz CT molecular complexity index is 321. The molecule has 0 bridgehead atoms. The number of esters is 1. The van der Waals surface area contributed by atoms with Crippen molar-refractivity contribution in [3.8, 4) is 0 Å². The molecule has 0 aromatic rings. The smallest absolute Gasteiger partial charge is 0.343 e. The number of halogens is 1. The number of rotatable bonds is 8. The van der Waals surface area contributed by atoms with E-state index >= 15 is 0 Å². The van der Waals surface area contributed by atoms with E-state index in [2.05, 4.69) is 21.2 Å². The summed E-state index contributed by atoms with van der Waals surface area (Å²) in [7, 11) is 0. The number of carbonyl (C=O) groups is 3. The van der Waals surface area contributed by atoms with E-state index in [0.717, 1.165) is 0 Å². The molecule has 7 heteroatoms. The van der Waals surface area contributed by atoms with Crippen molar-refractivity contribution in [1.82, 2.24) is 5.32 Å². The molecule has 2 N–H and O–H groups in total. The number of nitrogens with one attached hydrogen (secondary N) is 1. The number of hydrogen-bond acceptors (Lipinski definition) is 4. The van der Waals surface area contributed by atoms with Gasteiger partial charge in [0, 0.05) is 12.3 Å². The summed E-state index contributed by atoms with van der Waals surface area (Å²) in [6, 6.07) is 0. The molecule has 0 spiro atoms. The zero-order chi connectivity index (χ0) is 14.2. The van der Waals surface area contributed by atoms with Crippen molar-refractivity contribution in [2.24, 2.45) is 0 Å². The van der Waals surface area contributed by atoms with Crippen LogP contribution in [0.4, 0.5) is 0 Å². The lowest BCUT2D eigenvalue weighted by Gasteiger charge is -2.27. The first-order valence-electron chi connectivity index (χ1n) is 5.66. The van der Waals surface area contributed by atoms with Gasteiger partial charge in [-0.25, -0.2) is 9.59 Å². The van der Waals surface area contributed by atoms with E-state index in [1.54, 1.807) is 6.92 Å². The highest BCUT2D eigenvalue weighted by atomic mass is 79.9. The highest BCUT2D eigenvalue weighted by Crippen LogP contribution is 2.18. The largest absolute Gasteiger partial charge is 0.479 e.